The molecule has 0 aliphatic carbocycles. The first-order valence-corrected chi connectivity index (χ1v) is 11.2. The molecule has 0 spiro atoms. The molecular weight excluding hydrogens is 420 g/mol. The SMILES string of the molecule is COC(=O)c1ccc2[nH]cc(CCN3CCC(c4ccc5oc(C(=O)O)cc5c4)CC3)c2c1. The third-order valence-electron chi connectivity index (χ3n) is 6.70. The summed E-state index contributed by atoms with van der Waals surface area (Å²) in [6, 6.07) is 13.2. The Balaban J connectivity index is 1.21. The number of fused-ring (bicyclic) bond motifs is 2. The normalized spacial score (nSPS) is 15.3. The number of furan rings is 1. The average Bonchev–Trinajstić information content (AvgIpc) is 3.46. The lowest BCUT2D eigenvalue weighted by atomic mass is 9.89. The van der Waals surface area contributed by atoms with E-state index in [1.165, 1.54) is 18.2 Å². The van der Waals surface area contributed by atoms with Gasteiger partial charge in [-0.15, -0.1) is 0 Å². The van der Waals surface area contributed by atoms with Crippen LogP contribution in [-0.2, 0) is 11.2 Å². The number of carboxylic acids is 1. The van der Waals surface area contributed by atoms with Crippen molar-refractivity contribution in [3.63, 3.8) is 0 Å². The molecule has 0 saturated carbocycles. The molecule has 0 unspecified atom stereocenters. The van der Waals surface area contributed by atoms with Gasteiger partial charge < -0.3 is 24.1 Å². The summed E-state index contributed by atoms with van der Waals surface area (Å²) in [6.45, 7) is 3.00. The first-order chi connectivity index (χ1) is 16.0. The maximum absolute atomic E-state index is 11.9. The van der Waals surface area contributed by atoms with Crippen molar-refractivity contribution < 1.29 is 23.8 Å². The molecule has 2 aromatic carbocycles. The number of rotatable bonds is 6. The standard InChI is InChI=1S/C26H26N2O5/c1-32-26(31)18-2-4-22-21(13-18)19(15-27-22)8-11-28-9-6-16(7-10-28)17-3-5-23-20(12-17)14-24(33-23)25(29)30/h2-5,12-16,27H,6-11H2,1H3,(H,29,30). The second-order valence-electron chi connectivity index (χ2n) is 8.64. The van der Waals surface area contributed by atoms with Crippen LogP contribution in [0.5, 0.6) is 0 Å². The Bertz CT molecular complexity index is 1330. The van der Waals surface area contributed by atoms with Crippen LogP contribution in [0.25, 0.3) is 21.9 Å². The molecule has 7 heteroatoms. The number of ether oxygens (including phenoxy) is 1. The molecule has 170 valence electrons. The lowest BCUT2D eigenvalue weighted by molar-refractivity contribution is 0.0599. The van der Waals surface area contributed by atoms with Crippen LogP contribution in [0.4, 0.5) is 0 Å². The molecule has 0 radical (unpaired) electrons. The summed E-state index contributed by atoms with van der Waals surface area (Å²) in [5.74, 6) is -0.922. The van der Waals surface area contributed by atoms with Crippen LogP contribution in [0.15, 0.2) is 53.1 Å². The largest absolute Gasteiger partial charge is 0.475 e. The predicted molar refractivity (Wildman–Crippen MR) is 125 cm³/mol. The van der Waals surface area contributed by atoms with Gasteiger partial charge in [0.05, 0.1) is 12.7 Å². The number of carboxylic acid groups (broad SMARTS) is 1. The number of carbonyl (C=O) groups excluding carboxylic acids is 1. The van der Waals surface area contributed by atoms with Gasteiger partial charge in [0.15, 0.2) is 0 Å². The number of benzene rings is 2. The zero-order valence-corrected chi connectivity index (χ0v) is 18.5. The van der Waals surface area contributed by atoms with E-state index in [0.29, 0.717) is 17.1 Å². The van der Waals surface area contributed by atoms with Gasteiger partial charge in [0.2, 0.25) is 5.76 Å². The van der Waals surface area contributed by atoms with Crippen molar-refractivity contribution in [2.45, 2.75) is 25.2 Å². The van der Waals surface area contributed by atoms with Crippen molar-refractivity contribution >= 4 is 33.8 Å². The Labute approximate surface area is 190 Å². The number of hydrogen-bond donors (Lipinski definition) is 2. The van der Waals surface area contributed by atoms with Gasteiger partial charge in [0.1, 0.15) is 5.58 Å². The van der Waals surface area contributed by atoms with Crippen LogP contribution in [0.2, 0.25) is 0 Å². The highest BCUT2D eigenvalue weighted by Crippen LogP contribution is 2.31. The molecule has 1 fully saturated rings. The fraction of sp³-hybridized carbons (Fsp3) is 0.308. The first kappa shape index (κ1) is 21.3. The quantitative estimate of drug-likeness (QED) is 0.412. The highest BCUT2D eigenvalue weighted by atomic mass is 16.5. The Morgan fingerprint density at radius 2 is 1.97 bits per heavy atom. The Hall–Kier alpha value is -3.58. The summed E-state index contributed by atoms with van der Waals surface area (Å²) in [5.41, 5.74) is 4.65. The Morgan fingerprint density at radius 1 is 1.15 bits per heavy atom. The van der Waals surface area contributed by atoms with Crippen molar-refractivity contribution in [1.82, 2.24) is 9.88 Å². The van der Waals surface area contributed by atoms with E-state index in [2.05, 4.69) is 22.0 Å². The van der Waals surface area contributed by atoms with E-state index in [9.17, 15) is 9.59 Å². The van der Waals surface area contributed by atoms with Crippen LogP contribution in [0, 0.1) is 0 Å². The number of nitrogens with zero attached hydrogens (tertiary/aromatic N) is 1. The summed E-state index contributed by atoms with van der Waals surface area (Å²) < 4.78 is 10.2. The fourth-order valence-corrected chi connectivity index (χ4v) is 4.82. The van der Waals surface area contributed by atoms with Gasteiger partial charge in [0.25, 0.3) is 0 Å². The number of aromatic nitrogens is 1. The van der Waals surface area contributed by atoms with E-state index in [1.54, 1.807) is 12.1 Å². The average molecular weight is 447 g/mol. The van der Waals surface area contributed by atoms with E-state index in [1.807, 2.05) is 24.4 Å². The molecular formula is C26H26N2O5. The van der Waals surface area contributed by atoms with E-state index in [0.717, 1.165) is 55.2 Å². The van der Waals surface area contributed by atoms with Crippen molar-refractivity contribution in [3.8, 4) is 0 Å². The van der Waals surface area contributed by atoms with Gasteiger partial charge in [-0.1, -0.05) is 6.07 Å². The van der Waals surface area contributed by atoms with Crippen molar-refractivity contribution in [3.05, 3.63) is 71.1 Å². The lowest BCUT2D eigenvalue weighted by Crippen LogP contribution is -2.34. The monoisotopic (exact) mass is 446 g/mol. The second-order valence-corrected chi connectivity index (χ2v) is 8.64. The van der Waals surface area contributed by atoms with Crippen molar-refractivity contribution in [1.29, 1.82) is 0 Å². The van der Waals surface area contributed by atoms with E-state index >= 15 is 0 Å². The number of H-pyrrole nitrogens is 1. The maximum Gasteiger partial charge on any atom is 0.371 e. The lowest BCUT2D eigenvalue weighted by Gasteiger charge is -2.32. The number of methoxy groups -OCH3 is 1. The van der Waals surface area contributed by atoms with Gasteiger partial charge >= 0.3 is 11.9 Å². The minimum atomic E-state index is -1.04. The van der Waals surface area contributed by atoms with E-state index in [-0.39, 0.29) is 11.7 Å². The van der Waals surface area contributed by atoms with Crippen LogP contribution in [-0.4, -0.2) is 53.7 Å². The molecule has 0 amide bonds. The molecule has 1 aliphatic heterocycles. The number of likely N-dealkylation sites (tertiary alicyclic amines) is 1. The molecule has 33 heavy (non-hydrogen) atoms. The molecule has 7 nitrogen and oxygen atoms in total. The first-order valence-electron chi connectivity index (χ1n) is 11.2. The number of carbonyl (C=O) groups is 2. The number of piperidine rings is 1. The highest BCUT2D eigenvalue weighted by molar-refractivity contribution is 5.95. The number of aromatic amines is 1. The number of hydrogen-bond acceptors (Lipinski definition) is 5. The molecule has 4 aromatic rings. The predicted octanol–water partition coefficient (Wildman–Crippen LogP) is 4.82. The summed E-state index contributed by atoms with van der Waals surface area (Å²) >= 11 is 0. The highest BCUT2D eigenvalue weighted by Gasteiger charge is 2.22. The molecule has 5 rings (SSSR count). The third-order valence-corrected chi connectivity index (χ3v) is 6.70. The molecule has 1 aliphatic rings. The summed E-state index contributed by atoms with van der Waals surface area (Å²) in [5, 5.41) is 11.1. The second kappa shape index (κ2) is 8.75. The number of nitrogens with one attached hydrogen (secondary N) is 1. The molecule has 1 saturated heterocycles. The van der Waals surface area contributed by atoms with Crippen LogP contribution in [0.3, 0.4) is 0 Å². The van der Waals surface area contributed by atoms with Gasteiger partial charge in [-0.05, 0) is 85.8 Å². The van der Waals surface area contributed by atoms with Gasteiger partial charge in [-0.25, -0.2) is 9.59 Å². The molecule has 0 atom stereocenters. The summed E-state index contributed by atoms with van der Waals surface area (Å²) in [4.78, 5) is 28.8. The minimum absolute atomic E-state index is 0.0204. The fourth-order valence-electron chi connectivity index (χ4n) is 4.82. The summed E-state index contributed by atoms with van der Waals surface area (Å²) in [6.07, 6.45) is 5.07. The van der Waals surface area contributed by atoms with Gasteiger partial charge in [-0.2, -0.15) is 0 Å². The van der Waals surface area contributed by atoms with Gasteiger partial charge in [0, 0.05) is 29.0 Å². The zero-order chi connectivity index (χ0) is 22.9. The smallest absolute Gasteiger partial charge is 0.371 e. The Morgan fingerprint density at radius 3 is 2.73 bits per heavy atom. The number of esters is 1. The molecule has 0 bridgehead atoms. The Kier molecular flexibility index (Phi) is 5.64. The molecule has 2 aromatic heterocycles. The van der Waals surface area contributed by atoms with Crippen LogP contribution < -0.4 is 0 Å². The maximum atomic E-state index is 11.9. The number of aromatic carboxylic acids is 1. The summed E-state index contributed by atoms with van der Waals surface area (Å²) in [7, 11) is 1.40. The van der Waals surface area contributed by atoms with E-state index < -0.39 is 5.97 Å². The topological polar surface area (TPSA) is 95.8 Å². The third kappa shape index (κ3) is 4.24. The van der Waals surface area contributed by atoms with Crippen molar-refractivity contribution in [2.24, 2.45) is 0 Å². The van der Waals surface area contributed by atoms with E-state index in [4.69, 9.17) is 14.3 Å². The molecule has 3 heterocycles. The minimum Gasteiger partial charge on any atom is -0.475 e. The van der Waals surface area contributed by atoms with Crippen LogP contribution >= 0.6 is 0 Å². The van der Waals surface area contributed by atoms with Crippen LogP contribution in [0.1, 0.15) is 50.8 Å². The zero-order valence-electron chi connectivity index (χ0n) is 18.5. The molecule has 2 N–H and O–H groups in total. The van der Waals surface area contributed by atoms with Gasteiger partial charge in [-0.3, -0.25) is 0 Å². The van der Waals surface area contributed by atoms with Crippen molar-refractivity contribution in [2.75, 3.05) is 26.7 Å².